The smallest absolute Gasteiger partial charge is 0.127 e. The van der Waals surface area contributed by atoms with Gasteiger partial charge in [0.1, 0.15) is 5.82 Å². The molecule has 0 fully saturated rings. The summed E-state index contributed by atoms with van der Waals surface area (Å²) in [6.45, 7) is 3.14. The van der Waals surface area contributed by atoms with E-state index in [2.05, 4.69) is 5.32 Å². The van der Waals surface area contributed by atoms with E-state index in [1.54, 1.807) is 6.07 Å². The minimum Gasteiger partial charge on any atom is -0.311 e. The molecule has 0 radical (unpaired) electrons. The Balaban J connectivity index is 2.46. The molecule has 84 valence electrons. The van der Waals surface area contributed by atoms with Crippen LogP contribution in [0.5, 0.6) is 0 Å². The van der Waals surface area contributed by atoms with E-state index >= 15 is 0 Å². The van der Waals surface area contributed by atoms with Gasteiger partial charge in [-0.05, 0) is 24.6 Å². The Morgan fingerprint density at radius 2 is 2.20 bits per heavy atom. The summed E-state index contributed by atoms with van der Waals surface area (Å²) < 4.78 is 13.2. The summed E-state index contributed by atoms with van der Waals surface area (Å²) in [5, 5.41) is 3.73. The molecule has 1 unspecified atom stereocenters. The lowest BCUT2D eigenvalue weighted by molar-refractivity contribution is 0.581. The van der Waals surface area contributed by atoms with Crippen LogP contribution in [0.25, 0.3) is 0 Å². The van der Waals surface area contributed by atoms with E-state index in [1.165, 1.54) is 12.1 Å². The summed E-state index contributed by atoms with van der Waals surface area (Å²) in [7, 11) is 0. The van der Waals surface area contributed by atoms with E-state index < -0.39 is 0 Å². The standard InChI is InChI=1S/C11H14Cl2FN/c1-2-9(12)7-15-6-8-5-10(13)3-4-11(8)14/h3-5,9,15H,2,6-7H2,1H3. The minimum atomic E-state index is -0.241. The highest BCUT2D eigenvalue weighted by Crippen LogP contribution is 2.14. The van der Waals surface area contributed by atoms with Gasteiger partial charge in [-0.25, -0.2) is 4.39 Å². The van der Waals surface area contributed by atoms with Crippen LogP contribution in [-0.4, -0.2) is 11.9 Å². The van der Waals surface area contributed by atoms with E-state index in [9.17, 15) is 4.39 Å². The molecule has 0 saturated carbocycles. The summed E-state index contributed by atoms with van der Waals surface area (Å²) in [6, 6.07) is 4.53. The van der Waals surface area contributed by atoms with Crippen LogP contribution in [0.15, 0.2) is 18.2 Å². The first-order valence-electron chi connectivity index (χ1n) is 4.92. The Bertz CT molecular complexity index is 317. The van der Waals surface area contributed by atoms with Crippen molar-refractivity contribution < 1.29 is 4.39 Å². The minimum absolute atomic E-state index is 0.0900. The first kappa shape index (κ1) is 12.8. The fraction of sp³-hybridized carbons (Fsp3) is 0.455. The molecule has 0 heterocycles. The summed E-state index contributed by atoms with van der Waals surface area (Å²) >= 11 is 11.7. The molecular weight excluding hydrogens is 236 g/mol. The second-order valence-corrected chi connectivity index (χ2v) is 4.43. The average molecular weight is 250 g/mol. The van der Waals surface area contributed by atoms with Crippen molar-refractivity contribution in [2.24, 2.45) is 0 Å². The van der Waals surface area contributed by atoms with Crippen LogP contribution in [0.1, 0.15) is 18.9 Å². The summed E-state index contributed by atoms with van der Waals surface area (Å²) in [6.07, 6.45) is 0.895. The topological polar surface area (TPSA) is 12.0 Å². The van der Waals surface area contributed by atoms with Crippen molar-refractivity contribution in [3.8, 4) is 0 Å². The lowest BCUT2D eigenvalue weighted by Gasteiger charge is -2.09. The molecule has 0 bridgehead atoms. The van der Waals surface area contributed by atoms with E-state index in [0.717, 1.165) is 6.42 Å². The van der Waals surface area contributed by atoms with Gasteiger partial charge in [0.05, 0.1) is 0 Å². The predicted molar refractivity (Wildman–Crippen MR) is 63.0 cm³/mol. The Morgan fingerprint density at radius 3 is 2.87 bits per heavy atom. The Hall–Kier alpha value is -0.310. The fourth-order valence-corrected chi connectivity index (χ4v) is 1.49. The molecule has 1 nitrogen and oxygen atoms in total. The normalized spacial score (nSPS) is 12.8. The third-order valence-electron chi connectivity index (χ3n) is 2.13. The first-order valence-corrected chi connectivity index (χ1v) is 5.73. The lowest BCUT2D eigenvalue weighted by atomic mass is 10.2. The molecule has 1 aromatic rings. The summed E-state index contributed by atoms with van der Waals surface area (Å²) in [4.78, 5) is 0. The van der Waals surface area contributed by atoms with Crippen molar-refractivity contribution in [1.82, 2.24) is 5.32 Å². The number of rotatable bonds is 5. The van der Waals surface area contributed by atoms with Crippen molar-refractivity contribution in [3.05, 3.63) is 34.6 Å². The van der Waals surface area contributed by atoms with Gasteiger partial charge in [-0.2, -0.15) is 0 Å². The van der Waals surface area contributed by atoms with Gasteiger partial charge in [-0.3, -0.25) is 0 Å². The molecule has 0 spiro atoms. The molecular formula is C11H14Cl2FN. The molecule has 0 aliphatic carbocycles. The second kappa shape index (κ2) is 6.31. The van der Waals surface area contributed by atoms with E-state index in [0.29, 0.717) is 23.7 Å². The van der Waals surface area contributed by atoms with Gasteiger partial charge in [0, 0.05) is 29.1 Å². The molecule has 1 atom stereocenters. The van der Waals surface area contributed by atoms with Gasteiger partial charge in [0.2, 0.25) is 0 Å². The first-order chi connectivity index (χ1) is 7.13. The maximum Gasteiger partial charge on any atom is 0.127 e. The van der Waals surface area contributed by atoms with E-state index in [-0.39, 0.29) is 11.2 Å². The quantitative estimate of drug-likeness (QED) is 0.787. The number of halogens is 3. The molecule has 1 aromatic carbocycles. The van der Waals surface area contributed by atoms with Crippen LogP contribution in [0.3, 0.4) is 0 Å². The molecule has 0 saturated heterocycles. The average Bonchev–Trinajstić information content (AvgIpc) is 2.23. The number of hydrogen-bond donors (Lipinski definition) is 1. The van der Waals surface area contributed by atoms with E-state index in [4.69, 9.17) is 23.2 Å². The third kappa shape index (κ3) is 4.37. The highest BCUT2D eigenvalue weighted by Gasteiger charge is 2.04. The maximum absolute atomic E-state index is 13.2. The largest absolute Gasteiger partial charge is 0.311 e. The van der Waals surface area contributed by atoms with Gasteiger partial charge < -0.3 is 5.32 Å². The molecule has 0 aliphatic heterocycles. The third-order valence-corrected chi connectivity index (χ3v) is 2.83. The summed E-state index contributed by atoms with van der Waals surface area (Å²) in [5.74, 6) is -0.241. The Morgan fingerprint density at radius 1 is 1.47 bits per heavy atom. The van der Waals surface area contributed by atoms with Crippen LogP contribution < -0.4 is 5.32 Å². The zero-order chi connectivity index (χ0) is 11.3. The van der Waals surface area contributed by atoms with Crippen LogP contribution in [0.2, 0.25) is 5.02 Å². The van der Waals surface area contributed by atoms with Gasteiger partial charge in [-0.1, -0.05) is 18.5 Å². The zero-order valence-corrected chi connectivity index (χ0v) is 10.1. The fourth-order valence-electron chi connectivity index (χ4n) is 1.19. The van der Waals surface area contributed by atoms with Crippen LogP contribution >= 0.6 is 23.2 Å². The molecule has 0 aromatic heterocycles. The molecule has 15 heavy (non-hydrogen) atoms. The van der Waals surface area contributed by atoms with Crippen molar-refractivity contribution >= 4 is 23.2 Å². The van der Waals surface area contributed by atoms with Crippen LogP contribution in [-0.2, 0) is 6.54 Å². The van der Waals surface area contributed by atoms with Crippen molar-refractivity contribution in [1.29, 1.82) is 0 Å². The monoisotopic (exact) mass is 249 g/mol. The molecule has 0 amide bonds. The van der Waals surface area contributed by atoms with Gasteiger partial charge in [0.25, 0.3) is 0 Å². The second-order valence-electron chi connectivity index (χ2n) is 3.37. The number of alkyl halides is 1. The van der Waals surface area contributed by atoms with Crippen molar-refractivity contribution in [2.75, 3.05) is 6.54 Å². The predicted octanol–water partition coefficient (Wildman–Crippen LogP) is 3.59. The maximum atomic E-state index is 13.2. The van der Waals surface area contributed by atoms with Gasteiger partial charge in [0.15, 0.2) is 0 Å². The van der Waals surface area contributed by atoms with Gasteiger partial charge >= 0.3 is 0 Å². The number of benzene rings is 1. The van der Waals surface area contributed by atoms with Crippen molar-refractivity contribution in [3.63, 3.8) is 0 Å². The molecule has 1 rings (SSSR count). The highest BCUT2D eigenvalue weighted by atomic mass is 35.5. The Labute approximate surface area is 99.6 Å². The molecule has 4 heteroatoms. The highest BCUT2D eigenvalue weighted by molar-refractivity contribution is 6.30. The van der Waals surface area contributed by atoms with Crippen LogP contribution in [0, 0.1) is 5.82 Å². The van der Waals surface area contributed by atoms with Crippen molar-refractivity contribution in [2.45, 2.75) is 25.3 Å². The summed E-state index contributed by atoms with van der Waals surface area (Å²) in [5.41, 5.74) is 0.572. The van der Waals surface area contributed by atoms with Gasteiger partial charge in [-0.15, -0.1) is 11.6 Å². The molecule has 0 aliphatic rings. The lowest BCUT2D eigenvalue weighted by Crippen LogP contribution is -2.22. The number of hydrogen-bond acceptors (Lipinski definition) is 1. The SMILES string of the molecule is CCC(Cl)CNCc1cc(Cl)ccc1F. The van der Waals surface area contributed by atoms with E-state index in [1.807, 2.05) is 6.92 Å². The zero-order valence-electron chi connectivity index (χ0n) is 8.56. The molecule has 1 N–H and O–H groups in total. The Kier molecular flexibility index (Phi) is 5.37. The van der Waals surface area contributed by atoms with Crippen LogP contribution in [0.4, 0.5) is 4.39 Å². The number of nitrogens with one attached hydrogen (secondary N) is 1.